The average molecular weight is 361 g/mol. The van der Waals surface area contributed by atoms with E-state index >= 15 is 0 Å². The zero-order chi connectivity index (χ0) is 16.8. The van der Waals surface area contributed by atoms with Gasteiger partial charge in [-0.1, -0.05) is 17.7 Å². The summed E-state index contributed by atoms with van der Waals surface area (Å²) in [5, 5.41) is 11.9. The third-order valence-corrected chi connectivity index (χ3v) is 4.73. The molecule has 0 radical (unpaired) electrons. The van der Waals surface area contributed by atoms with Crippen LogP contribution in [0.5, 0.6) is 0 Å². The summed E-state index contributed by atoms with van der Waals surface area (Å²) < 4.78 is 1.93. The first kappa shape index (κ1) is 16.8. The highest BCUT2D eigenvalue weighted by atomic mass is 35.5. The zero-order valence-electron chi connectivity index (χ0n) is 13.0. The Kier molecular flexibility index (Phi) is 5.72. The van der Waals surface area contributed by atoms with Gasteiger partial charge in [0.25, 0.3) is 0 Å². The summed E-state index contributed by atoms with van der Waals surface area (Å²) in [5.74, 6) is 1.63. The molecule has 3 aromatic rings. The fourth-order valence-corrected chi connectivity index (χ4v) is 3.23. The van der Waals surface area contributed by atoms with Gasteiger partial charge < -0.3 is 5.32 Å². The first-order valence-electron chi connectivity index (χ1n) is 7.66. The van der Waals surface area contributed by atoms with Crippen LogP contribution >= 0.6 is 23.4 Å². The Hall–Kier alpha value is -2.05. The van der Waals surface area contributed by atoms with Crippen LogP contribution in [-0.2, 0) is 11.2 Å². The van der Waals surface area contributed by atoms with Crippen LogP contribution in [0.1, 0.15) is 12.2 Å². The Morgan fingerprint density at radius 3 is 2.83 bits per heavy atom. The van der Waals surface area contributed by atoms with E-state index < -0.39 is 0 Å². The van der Waals surface area contributed by atoms with Crippen molar-refractivity contribution in [1.82, 2.24) is 19.9 Å². The number of aromatic nitrogens is 3. The molecular formula is C17H17ClN4OS. The van der Waals surface area contributed by atoms with Crippen LogP contribution in [0.4, 0.5) is 0 Å². The van der Waals surface area contributed by atoms with Crippen molar-refractivity contribution in [2.75, 3.05) is 12.3 Å². The number of amides is 1. The number of halogens is 1. The number of carbonyl (C=O) groups is 1. The van der Waals surface area contributed by atoms with Crippen LogP contribution in [0.2, 0.25) is 5.02 Å². The predicted molar refractivity (Wildman–Crippen MR) is 96.5 cm³/mol. The van der Waals surface area contributed by atoms with Crippen LogP contribution in [-0.4, -0.2) is 32.8 Å². The number of nitrogens with zero attached hydrogens (tertiary/aromatic N) is 3. The molecule has 7 heteroatoms. The van der Waals surface area contributed by atoms with E-state index in [9.17, 15) is 4.79 Å². The predicted octanol–water partition coefficient (Wildman–Crippen LogP) is 3.22. The normalized spacial score (nSPS) is 10.9. The monoisotopic (exact) mass is 360 g/mol. The number of rotatable bonds is 7. The molecule has 5 nitrogen and oxygen atoms in total. The third kappa shape index (κ3) is 4.49. The van der Waals surface area contributed by atoms with Gasteiger partial charge in [-0.2, -0.15) is 0 Å². The summed E-state index contributed by atoms with van der Waals surface area (Å²) in [4.78, 5) is 13.0. The van der Waals surface area contributed by atoms with E-state index in [1.165, 1.54) is 0 Å². The summed E-state index contributed by atoms with van der Waals surface area (Å²) in [7, 11) is 0. The standard InChI is InChI=1S/C17H17ClN4OS/c18-13-4-6-14(7-5-13)24-12-9-17(23)19-10-8-16-21-20-15-3-1-2-11-22(15)16/h1-7,11H,8-10,12H2,(H,19,23). The second-order valence-electron chi connectivity index (χ2n) is 5.20. The molecule has 0 atom stereocenters. The van der Waals surface area contributed by atoms with Gasteiger partial charge in [-0.05, 0) is 36.4 Å². The first-order chi connectivity index (χ1) is 11.7. The van der Waals surface area contributed by atoms with E-state index in [1.807, 2.05) is 53.1 Å². The molecule has 24 heavy (non-hydrogen) atoms. The molecule has 2 heterocycles. The number of benzene rings is 1. The maximum Gasteiger partial charge on any atom is 0.220 e. The lowest BCUT2D eigenvalue weighted by Crippen LogP contribution is -2.26. The summed E-state index contributed by atoms with van der Waals surface area (Å²) in [5.41, 5.74) is 0.818. The molecule has 124 valence electrons. The Bertz CT molecular complexity index is 819. The maximum absolute atomic E-state index is 11.9. The second kappa shape index (κ2) is 8.17. The van der Waals surface area contributed by atoms with Crippen molar-refractivity contribution < 1.29 is 4.79 Å². The van der Waals surface area contributed by atoms with Crippen LogP contribution < -0.4 is 5.32 Å². The number of thioether (sulfide) groups is 1. The van der Waals surface area contributed by atoms with Gasteiger partial charge in [-0.15, -0.1) is 22.0 Å². The Labute approximate surface area is 149 Å². The van der Waals surface area contributed by atoms with Crippen molar-refractivity contribution in [2.45, 2.75) is 17.7 Å². The van der Waals surface area contributed by atoms with Crippen LogP contribution in [0, 0.1) is 0 Å². The maximum atomic E-state index is 11.9. The van der Waals surface area contributed by atoms with Crippen molar-refractivity contribution in [1.29, 1.82) is 0 Å². The highest BCUT2D eigenvalue weighted by Gasteiger charge is 2.06. The van der Waals surface area contributed by atoms with E-state index in [0.717, 1.165) is 27.1 Å². The number of hydrogen-bond acceptors (Lipinski definition) is 4. The molecule has 3 rings (SSSR count). The van der Waals surface area contributed by atoms with Crippen molar-refractivity contribution in [2.24, 2.45) is 0 Å². The van der Waals surface area contributed by atoms with Crippen molar-refractivity contribution in [3.63, 3.8) is 0 Å². The van der Waals surface area contributed by atoms with Crippen LogP contribution in [0.3, 0.4) is 0 Å². The molecule has 1 aromatic carbocycles. The molecule has 0 aliphatic carbocycles. The molecule has 0 fully saturated rings. The number of carbonyl (C=O) groups excluding carboxylic acids is 1. The lowest BCUT2D eigenvalue weighted by Gasteiger charge is -2.05. The third-order valence-electron chi connectivity index (χ3n) is 3.47. The average Bonchev–Trinajstić information content (AvgIpc) is 3.00. The largest absolute Gasteiger partial charge is 0.356 e. The molecule has 0 aliphatic heterocycles. The quantitative estimate of drug-likeness (QED) is 0.657. The second-order valence-corrected chi connectivity index (χ2v) is 6.80. The highest BCUT2D eigenvalue weighted by Crippen LogP contribution is 2.20. The Balaban J connectivity index is 1.39. The number of hydrogen-bond donors (Lipinski definition) is 1. The number of pyridine rings is 1. The van der Waals surface area contributed by atoms with Gasteiger partial charge in [0.2, 0.25) is 5.91 Å². The van der Waals surface area contributed by atoms with Gasteiger partial charge in [-0.25, -0.2) is 0 Å². The summed E-state index contributed by atoms with van der Waals surface area (Å²) in [6.45, 7) is 0.556. The molecule has 0 aliphatic rings. The Morgan fingerprint density at radius 2 is 2.00 bits per heavy atom. The summed E-state index contributed by atoms with van der Waals surface area (Å²) in [6.07, 6.45) is 3.06. The minimum Gasteiger partial charge on any atom is -0.356 e. The van der Waals surface area contributed by atoms with Gasteiger partial charge in [0.15, 0.2) is 5.65 Å². The lowest BCUT2D eigenvalue weighted by atomic mass is 10.3. The van der Waals surface area contributed by atoms with E-state index in [1.54, 1.807) is 11.8 Å². The molecule has 1 amide bonds. The molecule has 0 spiro atoms. The topological polar surface area (TPSA) is 59.3 Å². The molecule has 2 aromatic heterocycles. The van der Waals surface area contributed by atoms with Crippen molar-refractivity contribution in [3.05, 3.63) is 59.5 Å². The SMILES string of the molecule is O=C(CCSc1ccc(Cl)cc1)NCCc1nnc2ccccn12. The fraction of sp³-hybridized carbons (Fsp3) is 0.235. The number of nitrogens with one attached hydrogen (secondary N) is 1. The van der Waals surface area contributed by atoms with E-state index in [2.05, 4.69) is 15.5 Å². The lowest BCUT2D eigenvalue weighted by molar-refractivity contribution is -0.120. The molecular weight excluding hydrogens is 344 g/mol. The van der Waals surface area contributed by atoms with Gasteiger partial charge in [0.1, 0.15) is 5.82 Å². The minimum atomic E-state index is 0.0466. The minimum absolute atomic E-state index is 0.0466. The Morgan fingerprint density at radius 1 is 1.17 bits per heavy atom. The molecule has 0 unspecified atom stereocenters. The fourth-order valence-electron chi connectivity index (χ4n) is 2.26. The van der Waals surface area contributed by atoms with Gasteiger partial charge >= 0.3 is 0 Å². The molecule has 0 saturated heterocycles. The molecule has 0 bridgehead atoms. The van der Waals surface area contributed by atoms with Gasteiger partial charge in [0.05, 0.1) is 0 Å². The summed E-state index contributed by atoms with van der Waals surface area (Å²) in [6, 6.07) is 13.4. The molecule has 1 N–H and O–H groups in total. The smallest absolute Gasteiger partial charge is 0.220 e. The van der Waals surface area contributed by atoms with Crippen LogP contribution in [0.25, 0.3) is 5.65 Å². The highest BCUT2D eigenvalue weighted by molar-refractivity contribution is 7.99. The van der Waals surface area contributed by atoms with Gasteiger partial charge in [0, 0.05) is 41.3 Å². The molecule has 0 saturated carbocycles. The van der Waals surface area contributed by atoms with Crippen LogP contribution in [0.15, 0.2) is 53.6 Å². The zero-order valence-corrected chi connectivity index (χ0v) is 14.6. The van der Waals surface area contributed by atoms with E-state index in [4.69, 9.17) is 11.6 Å². The van der Waals surface area contributed by atoms with Gasteiger partial charge in [-0.3, -0.25) is 9.20 Å². The summed E-state index contributed by atoms with van der Waals surface area (Å²) >= 11 is 7.49. The first-order valence-corrected chi connectivity index (χ1v) is 9.02. The van der Waals surface area contributed by atoms with E-state index in [-0.39, 0.29) is 5.91 Å². The van der Waals surface area contributed by atoms with Crippen molar-refractivity contribution in [3.8, 4) is 0 Å². The number of fused-ring (bicyclic) bond motifs is 1. The van der Waals surface area contributed by atoms with E-state index in [0.29, 0.717) is 19.4 Å². The van der Waals surface area contributed by atoms with Crippen molar-refractivity contribution >= 4 is 34.9 Å².